The van der Waals surface area contributed by atoms with Gasteiger partial charge in [0.1, 0.15) is 17.3 Å². The van der Waals surface area contributed by atoms with Gasteiger partial charge in [0.25, 0.3) is 6.43 Å². The number of rotatable bonds is 4. The van der Waals surface area contributed by atoms with Gasteiger partial charge in [-0.15, -0.1) is 0 Å². The molecule has 3 rings (SSSR count). The Morgan fingerprint density at radius 2 is 1.92 bits per heavy atom. The van der Waals surface area contributed by atoms with Gasteiger partial charge in [0.05, 0.1) is 5.69 Å². The van der Waals surface area contributed by atoms with Crippen LogP contribution in [0.1, 0.15) is 17.0 Å². The molecular formula is C16H12F4N6. The number of fused-ring (bicyclic) bond motifs is 1. The van der Waals surface area contributed by atoms with E-state index in [4.69, 9.17) is 11.1 Å². The number of alkyl halides is 2. The molecule has 2 aromatic heterocycles. The summed E-state index contributed by atoms with van der Waals surface area (Å²) in [5.74, 6) is -3.04. The zero-order valence-electron chi connectivity index (χ0n) is 13.1. The second-order valence-corrected chi connectivity index (χ2v) is 5.37. The molecule has 0 fully saturated rings. The first-order chi connectivity index (χ1) is 12.3. The predicted octanol–water partition coefficient (Wildman–Crippen LogP) is 2.55. The van der Waals surface area contributed by atoms with Crippen molar-refractivity contribution < 1.29 is 17.6 Å². The molecule has 0 amide bonds. The highest BCUT2D eigenvalue weighted by Gasteiger charge is 2.15. The molecule has 0 aliphatic heterocycles. The van der Waals surface area contributed by atoms with E-state index < -0.39 is 29.7 Å². The number of aliphatic imine (C=N–C) groups is 1. The van der Waals surface area contributed by atoms with Crippen LogP contribution in [0.4, 0.5) is 17.6 Å². The van der Waals surface area contributed by atoms with Crippen molar-refractivity contribution in [3.63, 3.8) is 0 Å². The van der Waals surface area contributed by atoms with Crippen molar-refractivity contribution in [3.05, 3.63) is 65.4 Å². The van der Waals surface area contributed by atoms with E-state index >= 15 is 0 Å². The molecule has 1 aromatic carbocycles. The lowest BCUT2D eigenvalue weighted by atomic mass is 10.1. The fourth-order valence-corrected chi connectivity index (χ4v) is 2.37. The standard InChI is InChI=1S/C16H12F4N6/c17-9-3-8(4-10(18)6-9)5-11-16-23-1-2-26(16)7-12(24-11)14(21)25-15(22)13(19)20/h1-4,6-7,13H,5H2,(H3,21,22,25). The van der Waals surface area contributed by atoms with E-state index in [0.717, 1.165) is 18.2 Å². The van der Waals surface area contributed by atoms with Gasteiger partial charge in [-0.25, -0.2) is 32.5 Å². The third-order valence-corrected chi connectivity index (χ3v) is 3.44. The van der Waals surface area contributed by atoms with Crippen LogP contribution in [0.3, 0.4) is 0 Å². The fraction of sp³-hybridized carbons (Fsp3) is 0.125. The smallest absolute Gasteiger partial charge is 0.294 e. The molecule has 134 valence electrons. The fourth-order valence-electron chi connectivity index (χ4n) is 2.37. The van der Waals surface area contributed by atoms with Crippen LogP contribution in [0.5, 0.6) is 0 Å². The average molecular weight is 364 g/mol. The van der Waals surface area contributed by atoms with Gasteiger partial charge in [0.2, 0.25) is 0 Å². The number of halogens is 4. The van der Waals surface area contributed by atoms with Crippen LogP contribution < -0.4 is 5.73 Å². The van der Waals surface area contributed by atoms with E-state index in [1.165, 1.54) is 16.8 Å². The van der Waals surface area contributed by atoms with Crippen molar-refractivity contribution in [2.45, 2.75) is 12.8 Å². The molecule has 26 heavy (non-hydrogen) atoms. The van der Waals surface area contributed by atoms with Crippen molar-refractivity contribution in [2.24, 2.45) is 10.7 Å². The van der Waals surface area contributed by atoms with E-state index in [-0.39, 0.29) is 12.1 Å². The number of nitrogens with zero attached hydrogens (tertiary/aromatic N) is 4. The topological polar surface area (TPSA) is 92.4 Å². The Morgan fingerprint density at radius 1 is 1.23 bits per heavy atom. The van der Waals surface area contributed by atoms with Gasteiger partial charge >= 0.3 is 0 Å². The monoisotopic (exact) mass is 364 g/mol. The van der Waals surface area contributed by atoms with Crippen LogP contribution in [-0.2, 0) is 6.42 Å². The second-order valence-electron chi connectivity index (χ2n) is 5.37. The van der Waals surface area contributed by atoms with Crippen molar-refractivity contribution in [1.82, 2.24) is 14.4 Å². The summed E-state index contributed by atoms with van der Waals surface area (Å²) in [6, 6.07) is 3.04. The number of benzene rings is 1. The number of nitrogens with two attached hydrogens (primary N) is 1. The van der Waals surface area contributed by atoms with Crippen molar-refractivity contribution in [2.75, 3.05) is 0 Å². The van der Waals surface area contributed by atoms with Crippen LogP contribution in [0.15, 0.2) is 41.8 Å². The summed E-state index contributed by atoms with van der Waals surface area (Å²) in [4.78, 5) is 11.6. The lowest BCUT2D eigenvalue weighted by Crippen LogP contribution is -2.23. The van der Waals surface area contributed by atoms with Gasteiger partial charge in [-0.05, 0) is 17.7 Å². The van der Waals surface area contributed by atoms with Crippen LogP contribution in [-0.4, -0.2) is 32.5 Å². The Balaban J connectivity index is 2.03. The maximum absolute atomic E-state index is 13.4. The quantitative estimate of drug-likeness (QED) is 0.423. The molecule has 0 bridgehead atoms. The van der Waals surface area contributed by atoms with Gasteiger partial charge in [0, 0.05) is 31.1 Å². The van der Waals surface area contributed by atoms with Crippen molar-refractivity contribution in [3.8, 4) is 0 Å². The van der Waals surface area contributed by atoms with E-state index in [9.17, 15) is 17.6 Å². The summed E-state index contributed by atoms with van der Waals surface area (Å²) in [6.45, 7) is 0. The highest BCUT2D eigenvalue weighted by Crippen LogP contribution is 2.16. The van der Waals surface area contributed by atoms with E-state index in [0.29, 0.717) is 16.9 Å². The highest BCUT2D eigenvalue weighted by molar-refractivity contribution is 6.04. The molecule has 0 spiro atoms. The first kappa shape index (κ1) is 17.5. The normalized spacial score (nSPS) is 12.1. The maximum atomic E-state index is 13.4. The Morgan fingerprint density at radius 3 is 2.58 bits per heavy atom. The summed E-state index contributed by atoms with van der Waals surface area (Å²) in [5, 5.41) is 7.81. The zero-order chi connectivity index (χ0) is 18.8. The van der Waals surface area contributed by atoms with E-state index in [1.807, 2.05) is 0 Å². The molecule has 2 heterocycles. The predicted molar refractivity (Wildman–Crippen MR) is 86.6 cm³/mol. The number of amidine groups is 2. The Labute approximate surface area is 144 Å². The van der Waals surface area contributed by atoms with Crippen molar-refractivity contribution >= 4 is 17.3 Å². The van der Waals surface area contributed by atoms with Gasteiger partial charge in [-0.3, -0.25) is 5.41 Å². The molecule has 0 saturated heterocycles. The third kappa shape index (κ3) is 3.68. The summed E-state index contributed by atoms with van der Waals surface area (Å²) >= 11 is 0. The third-order valence-electron chi connectivity index (χ3n) is 3.44. The summed E-state index contributed by atoms with van der Waals surface area (Å²) in [6.07, 6.45) is 1.43. The molecule has 6 nitrogen and oxygen atoms in total. The first-order valence-corrected chi connectivity index (χ1v) is 7.32. The van der Waals surface area contributed by atoms with Crippen LogP contribution in [0.2, 0.25) is 0 Å². The number of aromatic nitrogens is 3. The molecule has 0 aliphatic rings. The first-order valence-electron chi connectivity index (χ1n) is 7.32. The summed E-state index contributed by atoms with van der Waals surface area (Å²) in [7, 11) is 0. The SMILES string of the molecule is N=C(N=C(N)C(F)F)c1cn2ccnc2c(Cc2cc(F)cc(F)c2)n1. The molecule has 3 aromatic rings. The molecule has 0 radical (unpaired) electrons. The molecule has 3 N–H and O–H groups in total. The lowest BCUT2D eigenvalue weighted by molar-refractivity contribution is 0.224. The van der Waals surface area contributed by atoms with Crippen LogP contribution >= 0.6 is 0 Å². The number of imidazole rings is 1. The average Bonchev–Trinajstić information content (AvgIpc) is 3.02. The van der Waals surface area contributed by atoms with Gasteiger partial charge < -0.3 is 10.1 Å². The van der Waals surface area contributed by atoms with Crippen molar-refractivity contribution in [1.29, 1.82) is 5.41 Å². The Hall–Kier alpha value is -3.30. The molecule has 0 atom stereocenters. The second kappa shape index (κ2) is 6.90. The van der Waals surface area contributed by atoms with Gasteiger partial charge in [-0.1, -0.05) is 0 Å². The Bertz CT molecular complexity index is 991. The number of hydrogen-bond acceptors (Lipinski definition) is 3. The molecule has 10 heteroatoms. The van der Waals surface area contributed by atoms with E-state index in [1.54, 1.807) is 6.20 Å². The Kier molecular flexibility index (Phi) is 4.65. The van der Waals surface area contributed by atoms with E-state index in [2.05, 4.69) is 15.0 Å². The molecule has 0 saturated carbocycles. The maximum Gasteiger partial charge on any atom is 0.294 e. The minimum atomic E-state index is -3.00. The molecule has 0 unspecified atom stereocenters. The highest BCUT2D eigenvalue weighted by atomic mass is 19.3. The molecular weight excluding hydrogens is 352 g/mol. The molecule has 0 aliphatic carbocycles. The van der Waals surface area contributed by atoms with Gasteiger partial charge in [-0.2, -0.15) is 0 Å². The van der Waals surface area contributed by atoms with Gasteiger partial charge in [0.15, 0.2) is 17.3 Å². The number of nitrogens with one attached hydrogen (secondary N) is 1. The lowest BCUT2D eigenvalue weighted by Gasteiger charge is -2.08. The van der Waals surface area contributed by atoms with Crippen LogP contribution in [0, 0.1) is 17.0 Å². The summed E-state index contributed by atoms with van der Waals surface area (Å²) in [5.41, 5.74) is 6.04. The minimum Gasteiger partial charge on any atom is -0.382 e. The zero-order valence-corrected chi connectivity index (χ0v) is 13.1. The van der Waals surface area contributed by atoms with Crippen LogP contribution in [0.25, 0.3) is 5.65 Å². The number of hydrogen-bond donors (Lipinski definition) is 2. The largest absolute Gasteiger partial charge is 0.382 e. The minimum absolute atomic E-state index is 0.0182. The summed E-state index contributed by atoms with van der Waals surface area (Å²) < 4.78 is 53.3.